The normalized spacial score (nSPS) is 26.6. The summed E-state index contributed by atoms with van der Waals surface area (Å²) in [5.41, 5.74) is 0.737. The van der Waals surface area contributed by atoms with Crippen LogP contribution < -0.4 is 5.32 Å². The van der Waals surface area contributed by atoms with Gasteiger partial charge in [0, 0.05) is 19.6 Å². The van der Waals surface area contributed by atoms with E-state index < -0.39 is 15.8 Å². The van der Waals surface area contributed by atoms with Gasteiger partial charge in [-0.2, -0.15) is 0 Å². The number of nitrogens with zero attached hydrogens (tertiary/aromatic N) is 1. The van der Waals surface area contributed by atoms with Gasteiger partial charge < -0.3 is 10.2 Å². The molecule has 2 aliphatic heterocycles. The molecule has 2 aliphatic rings. The average Bonchev–Trinajstić information content (AvgIpc) is 2.87. The minimum Gasteiger partial charge on any atom is -0.333 e. The third-order valence-corrected chi connectivity index (χ3v) is 6.11. The van der Waals surface area contributed by atoms with Gasteiger partial charge in [0.25, 0.3) is 0 Å². The Morgan fingerprint density at radius 3 is 2.78 bits per heavy atom. The number of piperazine rings is 1. The Morgan fingerprint density at radius 2 is 2.13 bits per heavy atom. The van der Waals surface area contributed by atoms with Crippen molar-refractivity contribution >= 4 is 28.2 Å². The summed E-state index contributed by atoms with van der Waals surface area (Å²) in [5, 5.41) is 3.21. The summed E-state index contributed by atoms with van der Waals surface area (Å²) in [6.07, 6.45) is 0.390. The molecule has 1 amide bonds. The van der Waals surface area contributed by atoms with Crippen LogP contribution in [0.5, 0.6) is 0 Å². The van der Waals surface area contributed by atoms with Crippen molar-refractivity contribution in [2.75, 3.05) is 31.1 Å². The number of carbonyl (C=O) groups excluding carboxylic acids is 1. The first-order chi connectivity index (χ1) is 10.5. The van der Waals surface area contributed by atoms with Crippen molar-refractivity contribution < 1.29 is 17.6 Å². The molecule has 1 aromatic carbocycles. The summed E-state index contributed by atoms with van der Waals surface area (Å²) in [7, 11) is -3.09. The molecule has 2 saturated heterocycles. The van der Waals surface area contributed by atoms with Gasteiger partial charge in [0.15, 0.2) is 9.84 Å². The van der Waals surface area contributed by atoms with Crippen LogP contribution in [0.25, 0.3) is 0 Å². The van der Waals surface area contributed by atoms with E-state index >= 15 is 0 Å². The summed E-state index contributed by atoms with van der Waals surface area (Å²) < 4.78 is 36.6. The first-order valence-electron chi connectivity index (χ1n) is 7.43. The van der Waals surface area contributed by atoms with Crippen LogP contribution >= 0.6 is 12.4 Å². The molecule has 0 saturated carbocycles. The summed E-state index contributed by atoms with van der Waals surface area (Å²) in [4.78, 5) is 14.4. The molecule has 0 aliphatic carbocycles. The monoisotopic (exact) mass is 362 g/mol. The van der Waals surface area contributed by atoms with Gasteiger partial charge in [-0.25, -0.2) is 12.8 Å². The first-order valence-corrected chi connectivity index (χ1v) is 9.25. The van der Waals surface area contributed by atoms with Crippen molar-refractivity contribution in [3.05, 3.63) is 35.6 Å². The molecule has 8 heteroatoms. The predicted octanol–water partition coefficient (Wildman–Crippen LogP) is 1.16. The van der Waals surface area contributed by atoms with Crippen LogP contribution in [0, 0.1) is 11.7 Å². The number of hydrogen-bond acceptors (Lipinski definition) is 4. The Balaban J connectivity index is 0.00000192. The minimum absolute atomic E-state index is 0. The lowest BCUT2D eigenvalue weighted by atomic mass is 10.00. The van der Waals surface area contributed by atoms with Crippen LogP contribution in [-0.2, 0) is 14.6 Å². The SMILES string of the molecule is Cl.O=C(C1CCS(=O)(=O)C1)N1CCNCC1c1cccc(F)c1. The lowest BCUT2D eigenvalue weighted by Crippen LogP contribution is -2.50. The lowest BCUT2D eigenvalue weighted by molar-refractivity contribution is -0.138. The minimum atomic E-state index is -3.09. The van der Waals surface area contributed by atoms with Crippen LogP contribution in [0.3, 0.4) is 0 Å². The summed E-state index contributed by atoms with van der Waals surface area (Å²) in [5.74, 6) is -0.902. The van der Waals surface area contributed by atoms with E-state index in [1.165, 1.54) is 12.1 Å². The zero-order valence-corrected chi connectivity index (χ0v) is 14.2. The molecule has 0 bridgehead atoms. The van der Waals surface area contributed by atoms with Crippen LogP contribution in [-0.4, -0.2) is 50.4 Å². The molecule has 1 N–H and O–H groups in total. The highest BCUT2D eigenvalue weighted by molar-refractivity contribution is 7.91. The van der Waals surface area contributed by atoms with Crippen LogP contribution in [0.2, 0.25) is 0 Å². The third-order valence-electron chi connectivity index (χ3n) is 4.34. The van der Waals surface area contributed by atoms with Gasteiger partial charge in [0.2, 0.25) is 5.91 Å². The average molecular weight is 363 g/mol. The second-order valence-electron chi connectivity index (χ2n) is 5.91. The molecule has 1 aromatic rings. The quantitative estimate of drug-likeness (QED) is 0.857. The largest absolute Gasteiger partial charge is 0.333 e. The van der Waals surface area contributed by atoms with E-state index in [9.17, 15) is 17.6 Å². The van der Waals surface area contributed by atoms with Gasteiger partial charge in [-0.05, 0) is 24.1 Å². The third kappa shape index (κ3) is 4.02. The fraction of sp³-hybridized carbons (Fsp3) is 0.533. The van der Waals surface area contributed by atoms with Gasteiger partial charge in [-0.1, -0.05) is 12.1 Å². The Bertz CT molecular complexity index is 683. The van der Waals surface area contributed by atoms with Crippen molar-refractivity contribution in [3.63, 3.8) is 0 Å². The molecule has 2 unspecified atom stereocenters. The number of carbonyl (C=O) groups is 1. The second-order valence-corrected chi connectivity index (χ2v) is 8.14. The first kappa shape index (κ1) is 18.2. The van der Waals surface area contributed by atoms with Crippen molar-refractivity contribution in [2.24, 2.45) is 5.92 Å². The number of amides is 1. The molecule has 2 atom stereocenters. The summed E-state index contributed by atoms with van der Waals surface area (Å²) >= 11 is 0. The Kier molecular flexibility index (Phi) is 5.65. The number of benzene rings is 1. The smallest absolute Gasteiger partial charge is 0.227 e. The number of nitrogens with one attached hydrogen (secondary N) is 1. The molecule has 2 heterocycles. The maximum Gasteiger partial charge on any atom is 0.227 e. The zero-order valence-electron chi connectivity index (χ0n) is 12.6. The summed E-state index contributed by atoms with van der Waals surface area (Å²) in [6, 6.07) is 5.98. The molecule has 0 aromatic heterocycles. The lowest BCUT2D eigenvalue weighted by Gasteiger charge is -2.38. The van der Waals surface area contributed by atoms with Crippen molar-refractivity contribution in [1.29, 1.82) is 0 Å². The predicted molar refractivity (Wildman–Crippen MR) is 87.7 cm³/mol. The molecule has 5 nitrogen and oxygen atoms in total. The van der Waals surface area contributed by atoms with Gasteiger partial charge >= 0.3 is 0 Å². The van der Waals surface area contributed by atoms with Crippen molar-refractivity contribution in [2.45, 2.75) is 12.5 Å². The highest BCUT2D eigenvalue weighted by Crippen LogP contribution is 2.28. The van der Waals surface area contributed by atoms with E-state index in [1.807, 2.05) is 0 Å². The number of halogens is 2. The van der Waals surface area contributed by atoms with Crippen LogP contribution in [0.4, 0.5) is 4.39 Å². The molecule has 0 spiro atoms. The van der Waals surface area contributed by atoms with E-state index in [1.54, 1.807) is 17.0 Å². The Morgan fingerprint density at radius 1 is 1.35 bits per heavy atom. The van der Waals surface area contributed by atoms with Crippen LogP contribution in [0.1, 0.15) is 18.0 Å². The van der Waals surface area contributed by atoms with E-state index in [2.05, 4.69) is 5.32 Å². The Labute approximate surface area is 141 Å². The fourth-order valence-corrected chi connectivity index (χ4v) is 4.94. The fourth-order valence-electron chi connectivity index (χ4n) is 3.20. The topological polar surface area (TPSA) is 66.5 Å². The molecule has 3 rings (SSSR count). The van der Waals surface area contributed by atoms with E-state index in [-0.39, 0.29) is 41.7 Å². The van der Waals surface area contributed by atoms with E-state index in [4.69, 9.17) is 0 Å². The maximum absolute atomic E-state index is 13.4. The number of sulfone groups is 1. The molecular weight excluding hydrogens is 343 g/mol. The van der Waals surface area contributed by atoms with Crippen molar-refractivity contribution in [1.82, 2.24) is 10.2 Å². The van der Waals surface area contributed by atoms with Gasteiger partial charge in [0.05, 0.1) is 23.5 Å². The molecule has 128 valence electrons. The van der Waals surface area contributed by atoms with E-state index in [0.717, 1.165) is 5.56 Å². The van der Waals surface area contributed by atoms with Gasteiger partial charge in [-0.15, -0.1) is 12.4 Å². The van der Waals surface area contributed by atoms with Crippen LogP contribution in [0.15, 0.2) is 24.3 Å². The Hall–Kier alpha value is -1.18. The standard InChI is InChI=1S/C15H19FN2O3S.ClH/c16-13-3-1-2-11(8-13)14-9-17-5-6-18(14)15(19)12-4-7-22(20,21)10-12;/h1-3,8,12,14,17H,4-7,9-10H2;1H. The van der Waals surface area contributed by atoms with Gasteiger partial charge in [-0.3, -0.25) is 4.79 Å². The summed E-state index contributed by atoms with van der Waals surface area (Å²) in [6.45, 7) is 1.72. The molecule has 0 radical (unpaired) electrons. The number of rotatable bonds is 2. The number of hydrogen-bond donors (Lipinski definition) is 1. The highest BCUT2D eigenvalue weighted by atomic mass is 35.5. The second kappa shape index (κ2) is 7.15. The maximum atomic E-state index is 13.4. The highest BCUT2D eigenvalue weighted by Gasteiger charge is 2.38. The van der Waals surface area contributed by atoms with E-state index in [0.29, 0.717) is 26.1 Å². The molecule has 2 fully saturated rings. The van der Waals surface area contributed by atoms with Gasteiger partial charge in [0.1, 0.15) is 5.82 Å². The zero-order chi connectivity index (χ0) is 15.7. The van der Waals surface area contributed by atoms with Crippen molar-refractivity contribution in [3.8, 4) is 0 Å². The molecule has 23 heavy (non-hydrogen) atoms. The molecular formula is C15H20ClFN2O3S.